The fourth-order valence-electron chi connectivity index (χ4n) is 1.90. The lowest BCUT2D eigenvalue weighted by molar-refractivity contribution is 0.492. The highest BCUT2D eigenvalue weighted by molar-refractivity contribution is 7.86. The largest absolute Gasteiger partial charge is 0.355 e. The third kappa shape index (κ3) is 10.7. The van der Waals surface area contributed by atoms with Gasteiger partial charge in [0.1, 0.15) is 0 Å². The van der Waals surface area contributed by atoms with Crippen LogP contribution in [0.1, 0.15) is 60.8 Å². The Morgan fingerprint density at radius 3 is 2.29 bits per heavy atom. The van der Waals surface area contributed by atoms with Crippen molar-refractivity contribution in [2.24, 2.45) is 10.9 Å². The lowest BCUT2D eigenvalue weighted by atomic mass is 10.0. The summed E-state index contributed by atoms with van der Waals surface area (Å²) in [5.74, 6) is 2.21. The fourth-order valence-corrected chi connectivity index (χ4v) is 2.80. The molecule has 0 amide bonds. The van der Waals surface area contributed by atoms with Crippen molar-refractivity contribution >= 4 is 16.8 Å². The van der Waals surface area contributed by atoms with Gasteiger partial charge >= 0.3 is 0 Å². The predicted octanol–water partition coefficient (Wildman–Crippen LogP) is 2.91. The van der Waals surface area contributed by atoms with Gasteiger partial charge in [-0.15, -0.1) is 0 Å². The maximum atomic E-state index is 12.0. The molecule has 0 saturated heterocycles. The minimum Gasteiger partial charge on any atom is -0.355 e. The first kappa shape index (κ1) is 20.4. The van der Waals surface area contributed by atoms with E-state index in [-0.39, 0.29) is 4.75 Å². The number of nitrogens with zero attached hydrogens (tertiary/aromatic N) is 1. The zero-order valence-electron chi connectivity index (χ0n) is 15.0. The normalized spacial score (nSPS) is 15.9. The average molecular weight is 318 g/mol. The van der Waals surface area contributed by atoms with E-state index in [0.29, 0.717) is 18.3 Å². The Morgan fingerprint density at radius 2 is 1.81 bits per heavy atom. The second-order valence-electron chi connectivity index (χ2n) is 7.03. The second-order valence-corrected chi connectivity index (χ2v) is 9.36. The van der Waals surface area contributed by atoms with Crippen molar-refractivity contribution in [2.45, 2.75) is 71.6 Å². The van der Waals surface area contributed by atoms with E-state index in [1.165, 1.54) is 12.8 Å². The zero-order chi connectivity index (χ0) is 16.5. The highest BCUT2D eigenvalue weighted by Gasteiger charge is 2.18. The van der Waals surface area contributed by atoms with E-state index in [1.54, 1.807) is 7.05 Å². The third-order valence-corrected chi connectivity index (χ3v) is 5.23. The van der Waals surface area contributed by atoms with Gasteiger partial charge in [0, 0.05) is 40.9 Å². The Kier molecular flexibility index (Phi) is 9.92. The molecule has 0 saturated carbocycles. The van der Waals surface area contributed by atoms with Gasteiger partial charge in [0.05, 0.1) is 0 Å². The first-order valence-corrected chi connectivity index (χ1v) is 9.34. The van der Waals surface area contributed by atoms with Crippen molar-refractivity contribution in [1.82, 2.24) is 10.6 Å². The molecule has 21 heavy (non-hydrogen) atoms. The molecule has 5 heteroatoms. The molecule has 0 aromatic heterocycles. The summed E-state index contributed by atoms with van der Waals surface area (Å²) in [5.41, 5.74) is 0. The standard InChI is InChI=1S/C16H35N3OS/c1-13(2)9-8-10-14(3)19-15(17-7)18-11-12-21(20)16(4,5)6/h13-14H,8-12H2,1-7H3,(H2,17,18,19). The molecule has 0 heterocycles. The van der Waals surface area contributed by atoms with E-state index in [9.17, 15) is 4.21 Å². The summed E-state index contributed by atoms with van der Waals surface area (Å²) >= 11 is 0. The molecule has 0 aliphatic heterocycles. The monoisotopic (exact) mass is 317 g/mol. The van der Waals surface area contributed by atoms with Gasteiger partial charge in [-0.1, -0.05) is 26.7 Å². The summed E-state index contributed by atoms with van der Waals surface area (Å²) in [4.78, 5) is 4.23. The van der Waals surface area contributed by atoms with Gasteiger partial charge in [0.25, 0.3) is 0 Å². The maximum Gasteiger partial charge on any atom is 0.191 e. The number of nitrogens with one attached hydrogen (secondary N) is 2. The Morgan fingerprint density at radius 1 is 1.19 bits per heavy atom. The Balaban J connectivity index is 3.99. The minimum absolute atomic E-state index is 0.150. The van der Waals surface area contributed by atoms with Crippen LogP contribution in [0.15, 0.2) is 4.99 Å². The van der Waals surface area contributed by atoms with Gasteiger partial charge in [-0.05, 0) is 40.0 Å². The molecule has 0 aromatic carbocycles. The van der Waals surface area contributed by atoms with E-state index < -0.39 is 10.8 Å². The van der Waals surface area contributed by atoms with Crippen LogP contribution in [0.25, 0.3) is 0 Å². The predicted molar refractivity (Wildman–Crippen MR) is 95.4 cm³/mol. The van der Waals surface area contributed by atoms with Crippen LogP contribution in [0, 0.1) is 5.92 Å². The van der Waals surface area contributed by atoms with Crippen molar-refractivity contribution in [3.63, 3.8) is 0 Å². The summed E-state index contributed by atoms with van der Waals surface area (Å²) < 4.78 is 11.8. The summed E-state index contributed by atoms with van der Waals surface area (Å²) in [5, 5.41) is 6.64. The summed E-state index contributed by atoms with van der Waals surface area (Å²) in [7, 11) is 0.951. The van der Waals surface area contributed by atoms with Crippen LogP contribution in [0.3, 0.4) is 0 Å². The summed E-state index contributed by atoms with van der Waals surface area (Å²) in [6.07, 6.45) is 3.65. The molecule has 0 rings (SSSR count). The molecule has 126 valence electrons. The van der Waals surface area contributed by atoms with E-state index in [1.807, 2.05) is 20.8 Å². The molecule has 0 aromatic rings. The van der Waals surface area contributed by atoms with E-state index in [2.05, 4.69) is 36.4 Å². The van der Waals surface area contributed by atoms with Gasteiger partial charge in [-0.2, -0.15) is 0 Å². The van der Waals surface area contributed by atoms with Crippen LogP contribution in [-0.4, -0.2) is 40.3 Å². The van der Waals surface area contributed by atoms with Crippen LogP contribution < -0.4 is 10.6 Å². The number of aliphatic imine (C=N–C) groups is 1. The molecule has 2 unspecified atom stereocenters. The highest BCUT2D eigenvalue weighted by Crippen LogP contribution is 2.10. The number of guanidine groups is 1. The van der Waals surface area contributed by atoms with Gasteiger partial charge in [0.2, 0.25) is 0 Å². The molecule has 4 nitrogen and oxygen atoms in total. The van der Waals surface area contributed by atoms with Crippen LogP contribution in [0.2, 0.25) is 0 Å². The van der Waals surface area contributed by atoms with Gasteiger partial charge in [-0.3, -0.25) is 9.20 Å². The molecule has 0 bridgehead atoms. The molecule has 2 N–H and O–H groups in total. The number of hydrogen-bond acceptors (Lipinski definition) is 2. The molecule has 0 radical (unpaired) electrons. The average Bonchev–Trinajstić information content (AvgIpc) is 2.35. The molecular weight excluding hydrogens is 282 g/mol. The van der Waals surface area contributed by atoms with E-state index in [0.717, 1.165) is 18.3 Å². The maximum absolute atomic E-state index is 12.0. The van der Waals surface area contributed by atoms with Crippen LogP contribution in [0.4, 0.5) is 0 Å². The number of rotatable bonds is 8. The quantitative estimate of drug-likeness (QED) is 0.534. The molecule has 2 atom stereocenters. The third-order valence-electron chi connectivity index (χ3n) is 3.29. The molecule has 0 spiro atoms. The highest BCUT2D eigenvalue weighted by atomic mass is 32.2. The smallest absolute Gasteiger partial charge is 0.191 e. The van der Waals surface area contributed by atoms with Crippen molar-refractivity contribution in [3.8, 4) is 0 Å². The number of hydrogen-bond donors (Lipinski definition) is 2. The molecule has 0 fully saturated rings. The molecular formula is C16H35N3OS. The Hall–Kier alpha value is -0.580. The van der Waals surface area contributed by atoms with E-state index >= 15 is 0 Å². The summed E-state index contributed by atoms with van der Waals surface area (Å²) in [6.45, 7) is 13.4. The van der Waals surface area contributed by atoms with Crippen molar-refractivity contribution in [3.05, 3.63) is 0 Å². The van der Waals surface area contributed by atoms with E-state index in [4.69, 9.17) is 0 Å². The first-order valence-electron chi connectivity index (χ1n) is 8.02. The fraction of sp³-hybridized carbons (Fsp3) is 0.938. The first-order chi connectivity index (χ1) is 9.66. The zero-order valence-corrected chi connectivity index (χ0v) is 15.8. The molecule has 0 aliphatic carbocycles. The van der Waals surface area contributed by atoms with Crippen LogP contribution in [0.5, 0.6) is 0 Å². The van der Waals surface area contributed by atoms with Crippen LogP contribution in [-0.2, 0) is 10.8 Å². The van der Waals surface area contributed by atoms with Crippen molar-refractivity contribution in [2.75, 3.05) is 19.3 Å². The van der Waals surface area contributed by atoms with Crippen molar-refractivity contribution in [1.29, 1.82) is 0 Å². The Bertz CT molecular complexity index is 335. The van der Waals surface area contributed by atoms with Gasteiger partial charge < -0.3 is 10.6 Å². The van der Waals surface area contributed by atoms with Crippen LogP contribution >= 0.6 is 0 Å². The van der Waals surface area contributed by atoms with Crippen molar-refractivity contribution < 1.29 is 4.21 Å². The SMILES string of the molecule is CN=C(NCCS(=O)C(C)(C)C)NC(C)CCCC(C)C. The lowest BCUT2D eigenvalue weighted by Crippen LogP contribution is -2.44. The summed E-state index contributed by atoms with van der Waals surface area (Å²) in [6, 6.07) is 0.406. The Labute approximate surface area is 134 Å². The van der Waals surface area contributed by atoms with Gasteiger partial charge in [-0.25, -0.2) is 0 Å². The van der Waals surface area contributed by atoms with Gasteiger partial charge in [0.15, 0.2) is 5.96 Å². The molecule has 0 aliphatic rings. The minimum atomic E-state index is -0.824. The second kappa shape index (κ2) is 10.2. The topological polar surface area (TPSA) is 53.5 Å². The lowest BCUT2D eigenvalue weighted by Gasteiger charge is -2.20.